The summed E-state index contributed by atoms with van der Waals surface area (Å²) >= 11 is 2.59. The van der Waals surface area contributed by atoms with Crippen molar-refractivity contribution in [2.24, 2.45) is 5.92 Å². The number of nitrogens with one attached hydrogen (secondary N) is 1. The average Bonchev–Trinajstić information content (AvgIpc) is 3.28. The standard InChI is InChI=1S/C18H20N3OS.Al.2H/c1-11-20-16(17(23-11)12-5-3-2-4-6-12)18(22)21-14(10-19)8-7-13-9-15(13)21;;;/h2-6,13-15,19H,7-10H2,1H3;;;/q-1;+1;;/t13-,14-,15+;;;/m0.../s1. The van der Waals surface area contributed by atoms with Gasteiger partial charge in [-0.3, -0.25) is 4.79 Å². The molecule has 2 fully saturated rings. The number of benzene rings is 1. The van der Waals surface area contributed by atoms with Gasteiger partial charge in [0.1, 0.15) is 5.69 Å². The van der Waals surface area contributed by atoms with Crippen LogP contribution in [0.1, 0.15) is 34.8 Å². The smallest absolute Gasteiger partial charge is 0.318 e. The maximum Gasteiger partial charge on any atom is 0.318 e. The molecule has 1 aromatic heterocycles. The fourth-order valence-electron chi connectivity index (χ4n) is 3.93. The molecule has 0 spiro atoms. The van der Waals surface area contributed by atoms with Crippen molar-refractivity contribution in [1.82, 2.24) is 14.2 Å². The number of hydrogen-bond acceptors (Lipinski definition) is 4. The molecule has 0 bridgehead atoms. The first-order valence-corrected chi connectivity index (χ1v) is 10.5. The summed E-state index contributed by atoms with van der Waals surface area (Å²) in [5, 5.41) is 0.958. The van der Waals surface area contributed by atoms with E-state index >= 15 is 0 Å². The van der Waals surface area contributed by atoms with Gasteiger partial charge in [-0.25, -0.2) is 4.98 Å². The average molecular weight is 355 g/mol. The maximum absolute atomic E-state index is 13.4. The predicted octanol–water partition coefficient (Wildman–Crippen LogP) is 2.25. The van der Waals surface area contributed by atoms with E-state index in [4.69, 9.17) is 0 Å². The lowest BCUT2D eigenvalue weighted by atomic mass is 10.0. The number of piperidine rings is 1. The first-order valence-electron chi connectivity index (χ1n) is 8.69. The van der Waals surface area contributed by atoms with E-state index in [2.05, 4.69) is 26.3 Å². The topological polar surface area (TPSA) is 45.2 Å². The summed E-state index contributed by atoms with van der Waals surface area (Å²) in [5.41, 5.74) is 1.74. The van der Waals surface area contributed by atoms with Gasteiger partial charge in [0.2, 0.25) is 0 Å². The molecule has 0 radical (unpaired) electrons. The number of carbonyl (C=O) groups excluding carboxylic acids is 1. The first-order chi connectivity index (χ1) is 11.7. The van der Waals surface area contributed by atoms with Crippen LogP contribution in [0.5, 0.6) is 0 Å². The molecule has 1 saturated heterocycles. The molecule has 1 aliphatic carbocycles. The van der Waals surface area contributed by atoms with Crippen molar-refractivity contribution in [2.45, 2.75) is 38.3 Å². The number of fused-ring (bicyclic) bond motifs is 1. The molecule has 1 N–H and O–H groups in total. The van der Waals surface area contributed by atoms with E-state index in [-0.39, 0.29) is 5.91 Å². The molecule has 1 aliphatic heterocycles. The molecule has 1 aromatic carbocycles. The monoisotopic (exact) mass is 355 g/mol. The van der Waals surface area contributed by atoms with E-state index in [1.165, 1.54) is 12.8 Å². The highest BCUT2D eigenvalue weighted by Gasteiger charge is 2.50. The molecule has 3 atom stereocenters. The first kappa shape index (κ1) is 16.3. The zero-order chi connectivity index (χ0) is 16.7. The minimum atomic E-state index is 0.132. The second-order valence-electron chi connectivity index (χ2n) is 6.84. The van der Waals surface area contributed by atoms with Gasteiger partial charge in [-0.15, -0.1) is 11.3 Å². The predicted molar refractivity (Wildman–Crippen MR) is 99.9 cm³/mol. The summed E-state index contributed by atoms with van der Waals surface area (Å²) < 4.78 is 3.39. The molecular weight excluding hydrogens is 333 g/mol. The third kappa shape index (κ3) is 2.93. The van der Waals surface area contributed by atoms with Crippen LogP contribution in [0.4, 0.5) is 0 Å². The molecule has 4 rings (SSSR count). The summed E-state index contributed by atoms with van der Waals surface area (Å²) in [5.74, 6) is 0.853. The highest BCUT2D eigenvalue weighted by molar-refractivity contribution is 7.15. The molecule has 1 amide bonds. The number of aryl methyl sites for hydroxylation is 1. The van der Waals surface area contributed by atoms with Crippen LogP contribution in [0.15, 0.2) is 30.3 Å². The second kappa shape index (κ2) is 6.61. The van der Waals surface area contributed by atoms with Gasteiger partial charge in [-0.2, -0.15) is 0 Å². The number of likely N-dealkylation sites (tertiary alicyclic amines) is 1. The Morgan fingerprint density at radius 1 is 1.38 bits per heavy atom. The van der Waals surface area contributed by atoms with Crippen molar-refractivity contribution >= 4 is 33.8 Å². The zero-order valence-electron chi connectivity index (χ0n) is 14.2. The van der Waals surface area contributed by atoms with Crippen molar-refractivity contribution in [1.29, 1.82) is 0 Å². The lowest BCUT2D eigenvalue weighted by molar-refractivity contribution is 0.0589. The Balaban J connectivity index is 1.69. The van der Waals surface area contributed by atoms with E-state index in [0.29, 0.717) is 17.8 Å². The Kier molecular flexibility index (Phi) is 4.49. The van der Waals surface area contributed by atoms with Crippen molar-refractivity contribution < 1.29 is 4.79 Å². The van der Waals surface area contributed by atoms with E-state index in [1.54, 1.807) is 11.3 Å². The maximum atomic E-state index is 13.4. The lowest BCUT2D eigenvalue weighted by Crippen LogP contribution is -2.49. The van der Waals surface area contributed by atoms with Crippen LogP contribution >= 0.6 is 11.3 Å². The third-order valence-corrected chi connectivity index (χ3v) is 6.58. The number of rotatable bonds is 4. The molecule has 2 aliphatic rings. The molecule has 2 aromatic rings. The minimum absolute atomic E-state index is 0.132. The number of amides is 1. The van der Waals surface area contributed by atoms with E-state index in [0.717, 1.165) is 50.8 Å². The summed E-state index contributed by atoms with van der Waals surface area (Å²) in [6.07, 6.45) is 3.56. The van der Waals surface area contributed by atoms with Gasteiger partial charge in [0.15, 0.2) is 0 Å². The highest BCUT2D eigenvalue weighted by Crippen LogP contribution is 2.46. The number of carbonyl (C=O) groups is 1. The molecule has 24 heavy (non-hydrogen) atoms. The van der Waals surface area contributed by atoms with Crippen molar-refractivity contribution in [2.75, 3.05) is 6.54 Å². The minimum Gasteiger partial charge on any atom is -0.403 e. The Bertz CT molecular complexity index is 748. The molecule has 1 saturated carbocycles. The van der Waals surface area contributed by atoms with Crippen LogP contribution in [0.3, 0.4) is 0 Å². The van der Waals surface area contributed by atoms with Gasteiger partial charge >= 0.3 is 16.5 Å². The normalized spacial score (nSPS) is 25.4. The van der Waals surface area contributed by atoms with Crippen molar-refractivity contribution in [3.8, 4) is 10.4 Å². The van der Waals surface area contributed by atoms with Gasteiger partial charge in [-0.05, 0) is 44.2 Å². The van der Waals surface area contributed by atoms with Gasteiger partial charge < -0.3 is 9.20 Å². The quantitative estimate of drug-likeness (QED) is 0.856. The van der Waals surface area contributed by atoms with Crippen LogP contribution in [-0.4, -0.2) is 50.9 Å². The largest absolute Gasteiger partial charge is 0.403 e. The number of hydrogen-bond donors (Lipinski definition) is 1. The van der Waals surface area contributed by atoms with Crippen LogP contribution in [0, 0.1) is 12.8 Å². The second-order valence-corrected chi connectivity index (χ2v) is 8.75. The summed E-state index contributed by atoms with van der Waals surface area (Å²) in [7, 11) is 0. The van der Waals surface area contributed by atoms with Crippen LogP contribution in [0.25, 0.3) is 10.4 Å². The molecule has 4 nitrogen and oxygen atoms in total. The Hall–Kier alpha value is -1.19. The van der Waals surface area contributed by atoms with E-state index in [9.17, 15) is 4.79 Å². The Morgan fingerprint density at radius 3 is 2.92 bits per heavy atom. The molecule has 6 heteroatoms. The zero-order valence-corrected chi connectivity index (χ0v) is 17.0. The SMILES string of the molecule is Cc1nc(C(=O)N2[C@H](C[NH][AlH2])CC[C@H]3C[C@H]32)c(-c2ccccc2)s1. The number of nitrogens with zero attached hydrogens (tertiary/aromatic N) is 2. The van der Waals surface area contributed by atoms with Gasteiger partial charge in [0.05, 0.1) is 9.88 Å². The van der Waals surface area contributed by atoms with Gasteiger partial charge in [0, 0.05) is 12.1 Å². The van der Waals surface area contributed by atoms with Crippen LogP contribution < -0.4 is 4.30 Å². The van der Waals surface area contributed by atoms with E-state index in [1.807, 2.05) is 25.1 Å². The molecule has 2 heterocycles. The third-order valence-electron chi connectivity index (χ3n) is 5.15. The number of aromatic nitrogens is 1. The molecule has 124 valence electrons. The lowest BCUT2D eigenvalue weighted by Gasteiger charge is -2.35. The molecule has 0 unspecified atom stereocenters. The van der Waals surface area contributed by atoms with Crippen molar-refractivity contribution in [3.05, 3.63) is 41.0 Å². The Labute approximate surface area is 154 Å². The van der Waals surface area contributed by atoms with Crippen LogP contribution in [0.2, 0.25) is 0 Å². The molecular formula is C18H22AlN3OS. The summed E-state index contributed by atoms with van der Waals surface area (Å²) in [6, 6.07) is 10.9. The van der Waals surface area contributed by atoms with Gasteiger partial charge in [0.25, 0.3) is 5.91 Å². The highest BCUT2D eigenvalue weighted by atomic mass is 32.1. The number of thiazole rings is 1. The van der Waals surface area contributed by atoms with Crippen molar-refractivity contribution in [3.63, 3.8) is 0 Å². The Morgan fingerprint density at radius 2 is 2.17 bits per heavy atom. The van der Waals surface area contributed by atoms with E-state index < -0.39 is 0 Å². The fraction of sp³-hybridized carbons (Fsp3) is 0.444. The van der Waals surface area contributed by atoms with Gasteiger partial charge in [-0.1, -0.05) is 30.3 Å². The fourth-order valence-corrected chi connectivity index (χ4v) is 5.32. The summed E-state index contributed by atoms with van der Waals surface area (Å²) in [6.45, 7) is 2.91. The summed E-state index contributed by atoms with van der Waals surface area (Å²) in [4.78, 5) is 21.2. The van der Waals surface area contributed by atoms with Crippen LogP contribution in [-0.2, 0) is 0 Å².